The Morgan fingerprint density at radius 3 is 2.27 bits per heavy atom. The zero-order chi connectivity index (χ0) is 24.6. The van der Waals surface area contributed by atoms with Gasteiger partial charge < -0.3 is 24.2 Å². The van der Waals surface area contributed by atoms with E-state index in [1.165, 1.54) is 11.0 Å². The number of amides is 2. The fourth-order valence-corrected chi connectivity index (χ4v) is 3.82. The van der Waals surface area contributed by atoms with Crippen LogP contribution in [0.15, 0.2) is 18.2 Å². The van der Waals surface area contributed by atoms with Crippen LogP contribution in [0.2, 0.25) is 0 Å². The third-order valence-corrected chi connectivity index (χ3v) is 5.44. The molecule has 0 unspecified atom stereocenters. The number of benzene rings is 1. The van der Waals surface area contributed by atoms with E-state index < -0.39 is 41.3 Å². The number of hydrogen-bond donors (Lipinski definition) is 0. The fourth-order valence-electron chi connectivity index (χ4n) is 3.82. The molecule has 0 spiro atoms. The lowest BCUT2D eigenvalue weighted by Gasteiger charge is -2.36. The van der Waals surface area contributed by atoms with Crippen LogP contribution in [0.25, 0.3) is 0 Å². The molecule has 180 valence electrons. The quantitative estimate of drug-likeness (QED) is 0.663. The molecule has 2 saturated heterocycles. The van der Waals surface area contributed by atoms with Crippen molar-refractivity contribution in [2.75, 3.05) is 37.6 Å². The number of piperazine rings is 1. The monoisotopic (exact) mass is 468 g/mol. The Morgan fingerprint density at radius 2 is 1.73 bits per heavy atom. The van der Waals surface area contributed by atoms with Crippen molar-refractivity contribution in [2.45, 2.75) is 51.8 Å². The highest BCUT2D eigenvalue weighted by Crippen LogP contribution is 2.36. The van der Waals surface area contributed by atoms with Gasteiger partial charge in [-0.1, -0.05) is 0 Å². The first-order valence-electron chi connectivity index (χ1n) is 10.6. The van der Waals surface area contributed by atoms with Crippen LogP contribution in [-0.2, 0) is 20.4 Å². The zero-order valence-corrected chi connectivity index (χ0v) is 19.0. The highest BCUT2D eigenvalue weighted by atomic mass is 19.4. The van der Waals surface area contributed by atoms with Gasteiger partial charge in [-0.3, -0.25) is 4.79 Å². The average Bonchev–Trinajstić information content (AvgIpc) is 3.12. The first kappa shape index (κ1) is 24.6. The summed E-state index contributed by atoms with van der Waals surface area (Å²) in [5.74, 6) is -0.280. The van der Waals surface area contributed by atoms with E-state index in [1.807, 2.05) is 0 Å². The van der Waals surface area contributed by atoms with Crippen molar-refractivity contribution in [1.29, 1.82) is 5.26 Å². The minimum atomic E-state index is -4.67. The number of anilines is 1. The van der Waals surface area contributed by atoms with Crippen molar-refractivity contribution in [3.8, 4) is 6.07 Å². The summed E-state index contributed by atoms with van der Waals surface area (Å²) in [6.45, 7) is 8.31. The van der Waals surface area contributed by atoms with Crippen LogP contribution in [0, 0.1) is 11.3 Å². The van der Waals surface area contributed by atoms with E-state index in [4.69, 9.17) is 14.7 Å². The van der Waals surface area contributed by atoms with E-state index >= 15 is 0 Å². The van der Waals surface area contributed by atoms with Gasteiger partial charge in [-0.2, -0.15) is 18.4 Å². The second kappa shape index (κ2) is 9.09. The van der Waals surface area contributed by atoms with Gasteiger partial charge in [0.25, 0.3) is 5.91 Å². The van der Waals surface area contributed by atoms with Crippen molar-refractivity contribution >= 4 is 17.7 Å². The molecule has 1 aromatic rings. The first-order valence-corrected chi connectivity index (χ1v) is 10.6. The van der Waals surface area contributed by atoms with Crippen molar-refractivity contribution < 1.29 is 32.2 Å². The predicted octanol–water partition coefficient (Wildman–Crippen LogP) is 3.21. The number of ether oxygens (including phenoxy) is 2. The van der Waals surface area contributed by atoms with Crippen LogP contribution in [0.5, 0.6) is 0 Å². The lowest BCUT2D eigenvalue weighted by molar-refractivity contribution is -0.143. The van der Waals surface area contributed by atoms with Crippen molar-refractivity contribution in [3.05, 3.63) is 29.3 Å². The van der Waals surface area contributed by atoms with Crippen molar-refractivity contribution in [2.24, 2.45) is 0 Å². The number of nitrogens with zero attached hydrogens (tertiary/aromatic N) is 4. The molecule has 0 aromatic heterocycles. The fraction of sp³-hybridized carbons (Fsp3) is 0.591. The summed E-state index contributed by atoms with van der Waals surface area (Å²) in [6.07, 6.45) is -6.59. The van der Waals surface area contributed by atoms with Crippen LogP contribution >= 0.6 is 0 Å². The molecule has 2 fully saturated rings. The van der Waals surface area contributed by atoms with Crippen molar-refractivity contribution in [3.63, 3.8) is 0 Å². The SMILES string of the molecule is C[C@H]1O[C@H](C(=O)N2CCN(C(=O)OC(C)(C)C)CC2)CN1c1ccc(C#N)c(C(F)(F)F)c1. The molecule has 33 heavy (non-hydrogen) atoms. The molecule has 3 rings (SSSR count). The number of carbonyl (C=O) groups excluding carboxylic acids is 2. The summed E-state index contributed by atoms with van der Waals surface area (Å²) in [7, 11) is 0. The first-order chi connectivity index (χ1) is 15.3. The third-order valence-electron chi connectivity index (χ3n) is 5.44. The molecular weight excluding hydrogens is 441 g/mol. The normalized spacial score (nSPS) is 21.7. The average molecular weight is 468 g/mol. The van der Waals surface area contributed by atoms with E-state index in [0.717, 1.165) is 12.1 Å². The highest BCUT2D eigenvalue weighted by molar-refractivity contribution is 5.83. The lowest BCUT2D eigenvalue weighted by Crippen LogP contribution is -2.54. The van der Waals surface area contributed by atoms with Gasteiger partial charge in [-0.05, 0) is 45.9 Å². The molecule has 8 nitrogen and oxygen atoms in total. The van der Waals surface area contributed by atoms with Gasteiger partial charge in [-0.25, -0.2) is 4.79 Å². The van der Waals surface area contributed by atoms with Crippen LogP contribution in [0.3, 0.4) is 0 Å². The second-order valence-electron chi connectivity index (χ2n) is 9.01. The molecule has 0 radical (unpaired) electrons. The van der Waals surface area contributed by atoms with Crippen LogP contribution in [-0.4, -0.2) is 72.5 Å². The number of nitriles is 1. The maximum absolute atomic E-state index is 13.3. The summed E-state index contributed by atoms with van der Waals surface area (Å²) in [6, 6.07) is 5.00. The number of alkyl halides is 3. The van der Waals surface area contributed by atoms with Gasteiger partial charge in [0.1, 0.15) is 11.8 Å². The Kier molecular flexibility index (Phi) is 6.79. The number of halogens is 3. The Labute approximate surface area is 190 Å². The topological polar surface area (TPSA) is 86.1 Å². The van der Waals surface area contributed by atoms with Gasteiger partial charge in [0.15, 0.2) is 6.10 Å². The van der Waals surface area contributed by atoms with Crippen molar-refractivity contribution in [1.82, 2.24) is 9.80 Å². The standard InChI is InChI=1S/C22H27F3N4O4/c1-14-29(16-6-5-15(12-26)17(11-16)22(23,24)25)13-18(32-14)19(30)27-7-9-28(10-8-27)20(31)33-21(2,3)4/h5-6,11,14,18H,7-10,13H2,1-4H3/t14-,18+/m1/s1. The molecule has 0 saturated carbocycles. The van der Waals surface area contributed by atoms with E-state index in [2.05, 4.69) is 0 Å². The van der Waals surface area contributed by atoms with E-state index in [-0.39, 0.29) is 18.1 Å². The van der Waals surface area contributed by atoms with E-state index in [0.29, 0.717) is 26.2 Å². The minimum absolute atomic E-state index is 0.0788. The Balaban J connectivity index is 1.64. The third kappa shape index (κ3) is 5.68. The smallest absolute Gasteiger partial charge is 0.417 e. The van der Waals surface area contributed by atoms with Gasteiger partial charge in [0, 0.05) is 31.9 Å². The minimum Gasteiger partial charge on any atom is -0.444 e. The Hall–Kier alpha value is -3.00. The molecule has 2 aliphatic heterocycles. The summed E-state index contributed by atoms with van der Waals surface area (Å²) >= 11 is 0. The number of carbonyl (C=O) groups is 2. The van der Waals surface area contributed by atoms with E-state index in [1.54, 1.807) is 43.6 Å². The Morgan fingerprint density at radius 1 is 1.12 bits per heavy atom. The molecule has 2 aliphatic rings. The Bertz CT molecular complexity index is 946. The van der Waals surface area contributed by atoms with Gasteiger partial charge in [0.2, 0.25) is 0 Å². The summed E-state index contributed by atoms with van der Waals surface area (Å²) in [5, 5.41) is 8.99. The zero-order valence-electron chi connectivity index (χ0n) is 19.0. The molecule has 1 aromatic carbocycles. The molecule has 0 bridgehead atoms. The second-order valence-corrected chi connectivity index (χ2v) is 9.01. The molecule has 2 amide bonds. The molecule has 0 N–H and O–H groups in total. The van der Waals surface area contributed by atoms with Gasteiger partial charge in [0.05, 0.1) is 23.7 Å². The van der Waals surface area contributed by atoms with Gasteiger partial charge in [-0.15, -0.1) is 0 Å². The lowest BCUT2D eigenvalue weighted by atomic mass is 10.1. The molecule has 2 atom stereocenters. The van der Waals surface area contributed by atoms with Crippen LogP contribution in [0.1, 0.15) is 38.8 Å². The van der Waals surface area contributed by atoms with E-state index in [9.17, 15) is 22.8 Å². The van der Waals surface area contributed by atoms with Gasteiger partial charge >= 0.3 is 12.3 Å². The summed E-state index contributed by atoms with van der Waals surface area (Å²) in [4.78, 5) is 29.9. The summed E-state index contributed by atoms with van der Waals surface area (Å²) < 4.78 is 51.1. The molecule has 0 aliphatic carbocycles. The number of rotatable bonds is 2. The largest absolute Gasteiger partial charge is 0.444 e. The molecular formula is C22H27F3N4O4. The number of hydrogen-bond acceptors (Lipinski definition) is 6. The molecule has 11 heteroatoms. The predicted molar refractivity (Wildman–Crippen MR) is 112 cm³/mol. The highest BCUT2D eigenvalue weighted by Gasteiger charge is 2.40. The van der Waals surface area contributed by atoms with Crippen LogP contribution < -0.4 is 4.90 Å². The molecule has 2 heterocycles. The summed E-state index contributed by atoms with van der Waals surface area (Å²) in [5.41, 5.74) is -1.88. The van der Waals surface area contributed by atoms with Crippen LogP contribution in [0.4, 0.5) is 23.7 Å². The maximum Gasteiger partial charge on any atom is 0.417 e. The maximum atomic E-state index is 13.3.